The average molecular weight is 445 g/mol. The highest BCUT2D eigenvalue weighted by atomic mass is 19.1. The Balaban J connectivity index is 1.27. The number of para-hydroxylation sites is 1. The van der Waals surface area contributed by atoms with Gasteiger partial charge in [0.15, 0.2) is 0 Å². The Morgan fingerprint density at radius 2 is 1.48 bits per heavy atom. The van der Waals surface area contributed by atoms with Crippen LogP contribution in [0.2, 0.25) is 0 Å². The number of hydrogen-bond donors (Lipinski definition) is 0. The van der Waals surface area contributed by atoms with E-state index in [9.17, 15) is 9.18 Å². The van der Waals surface area contributed by atoms with Gasteiger partial charge < -0.3 is 4.74 Å². The minimum atomic E-state index is -0.322. The minimum absolute atomic E-state index is 0.0332. The van der Waals surface area contributed by atoms with E-state index in [-0.39, 0.29) is 36.5 Å². The lowest BCUT2D eigenvalue weighted by Crippen LogP contribution is -2.52. The van der Waals surface area contributed by atoms with Gasteiger partial charge >= 0.3 is 0 Å². The van der Waals surface area contributed by atoms with Crippen molar-refractivity contribution >= 4 is 11.6 Å². The normalized spacial score (nSPS) is 18.0. The van der Waals surface area contributed by atoms with E-state index >= 15 is 0 Å². The lowest BCUT2D eigenvalue weighted by molar-refractivity contribution is -0.118. The molecule has 33 heavy (non-hydrogen) atoms. The quantitative estimate of drug-likeness (QED) is 0.515. The molecule has 0 spiro atoms. The monoisotopic (exact) mass is 444 g/mol. The van der Waals surface area contributed by atoms with Gasteiger partial charge in [0.1, 0.15) is 11.9 Å². The van der Waals surface area contributed by atoms with Gasteiger partial charge in [0, 0.05) is 13.1 Å². The van der Waals surface area contributed by atoms with Gasteiger partial charge in [0.2, 0.25) is 5.91 Å². The third kappa shape index (κ3) is 4.43. The number of piperidine rings is 1. The molecule has 1 amide bonds. The summed E-state index contributed by atoms with van der Waals surface area (Å²) in [6.07, 6.45) is 1.84. The number of hydrogen-bond acceptors (Lipinski definition) is 3. The first-order valence-electron chi connectivity index (χ1n) is 11.7. The van der Waals surface area contributed by atoms with Crippen molar-refractivity contribution in [3.63, 3.8) is 0 Å². The number of halogens is 1. The van der Waals surface area contributed by atoms with Crippen LogP contribution in [0.1, 0.15) is 42.6 Å². The van der Waals surface area contributed by atoms with Gasteiger partial charge in [-0.2, -0.15) is 0 Å². The number of ether oxygens (including phenoxy) is 1. The van der Waals surface area contributed by atoms with Crippen molar-refractivity contribution in [2.45, 2.75) is 44.6 Å². The van der Waals surface area contributed by atoms with Gasteiger partial charge in [-0.15, -0.1) is 0 Å². The average Bonchev–Trinajstić information content (AvgIpc) is 3.20. The van der Waals surface area contributed by atoms with Crippen LogP contribution in [0.3, 0.4) is 0 Å². The summed E-state index contributed by atoms with van der Waals surface area (Å²) in [6, 6.07) is 25.6. The van der Waals surface area contributed by atoms with Crippen molar-refractivity contribution in [3.05, 3.63) is 101 Å². The number of benzene rings is 3. The molecule has 0 N–H and O–H groups in total. The standard InChI is InChI=1S/C28H29FN2O2/c1-20(31-26(32)19-23-13-8-14-25(29)27(23)31)30-17-15-24(16-18-30)33-28(21-9-4-2-5-10-21)22-11-6-3-7-12-22/h2-14,20,24,28H,15-19H2,1H3. The van der Waals surface area contributed by atoms with Crippen molar-refractivity contribution in [2.24, 2.45) is 0 Å². The van der Waals surface area contributed by atoms with Crippen LogP contribution < -0.4 is 4.90 Å². The predicted octanol–water partition coefficient (Wildman–Crippen LogP) is 5.33. The highest BCUT2D eigenvalue weighted by Crippen LogP contribution is 2.35. The molecule has 1 fully saturated rings. The number of carbonyl (C=O) groups is 1. The number of carbonyl (C=O) groups excluding carboxylic acids is 1. The Kier molecular flexibility index (Phi) is 6.25. The maximum Gasteiger partial charge on any atom is 0.232 e. The molecule has 1 unspecified atom stereocenters. The first kappa shape index (κ1) is 21.8. The van der Waals surface area contributed by atoms with Gasteiger partial charge in [0.05, 0.1) is 24.4 Å². The first-order valence-corrected chi connectivity index (χ1v) is 11.7. The Labute approximate surface area is 194 Å². The number of anilines is 1. The minimum Gasteiger partial charge on any atom is -0.365 e. The van der Waals surface area contributed by atoms with Crippen molar-refractivity contribution < 1.29 is 13.9 Å². The zero-order valence-electron chi connectivity index (χ0n) is 18.9. The molecule has 0 aliphatic carbocycles. The summed E-state index contributed by atoms with van der Waals surface area (Å²) in [4.78, 5) is 16.6. The third-order valence-corrected chi connectivity index (χ3v) is 6.83. The van der Waals surface area contributed by atoms with E-state index in [2.05, 4.69) is 29.2 Å². The van der Waals surface area contributed by atoms with E-state index in [0.717, 1.165) is 42.6 Å². The van der Waals surface area contributed by atoms with E-state index < -0.39 is 0 Å². The summed E-state index contributed by atoms with van der Waals surface area (Å²) < 4.78 is 21.2. The van der Waals surface area contributed by atoms with Crippen molar-refractivity contribution in [1.29, 1.82) is 0 Å². The Morgan fingerprint density at radius 1 is 0.879 bits per heavy atom. The summed E-state index contributed by atoms with van der Waals surface area (Å²) in [5.41, 5.74) is 3.52. The number of nitrogens with zero attached hydrogens (tertiary/aromatic N) is 2. The van der Waals surface area contributed by atoms with Crippen molar-refractivity contribution in [2.75, 3.05) is 18.0 Å². The smallest absolute Gasteiger partial charge is 0.232 e. The molecule has 5 heteroatoms. The van der Waals surface area contributed by atoms with Crippen LogP contribution in [0.25, 0.3) is 0 Å². The highest BCUT2D eigenvalue weighted by Gasteiger charge is 2.37. The zero-order valence-corrected chi connectivity index (χ0v) is 18.9. The van der Waals surface area contributed by atoms with E-state index in [1.54, 1.807) is 11.0 Å². The van der Waals surface area contributed by atoms with Crippen molar-refractivity contribution in [3.8, 4) is 0 Å². The summed E-state index contributed by atoms with van der Waals surface area (Å²) in [5, 5.41) is 0. The van der Waals surface area contributed by atoms with Crippen LogP contribution in [0.15, 0.2) is 78.9 Å². The Morgan fingerprint density at radius 3 is 2.09 bits per heavy atom. The van der Waals surface area contributed by atoms with Gasteiger partial charge in [-0.1, -0.05) is 72.8 Å². The summed E-state index contributed by atoms with van der Waals surface area (Å²) >= 11 is 0. The Hall–Kier alpha value is -3.02. The zero-order chi connectivity index (χ0) is 22.8. The second kappa shape index (κ2) is 9.46. The van der Waals surface area contributed by atoms with Crippen molar-refractivity contribution in [1.82, 2.24) is 4.90 Å². The predicted molar refractivity (Wildman–Crippen MR) is 127 cm³/mol. The van der Waals surface area contributed by atoms with E-state index in [4.69, 9.17) is 4.74 Å². The highest BCUT2D eigenvalue weighted by molar-refractivity contribution is 6.01. The van der Waals surface area contributed by atoms with Gasteiger partial charge in [-0.05, 0) is 42.5 Å². The molecule has 1 saturated heterocycles. The summed E-state index contributed by atoms with van der Waals surface area (Å²) in [7, 11) is 0. The molecule has 5 rings (SSSR count). The van der Waals surface area contributed by atoms with Gasteiger partial charge in [0.25, 0.3) is 0 Å². The maximum atomic E-state index is 14.5. The number of rotatable bonds is 6. The summed E-state index contributed by atoms with van der Waals surface area (Å²) in [5.74, 6) is -0.355. The summed E-state index contributed by atoms with van der Waals surface area (Å²) in [6.45, 7) is 3.60. The first-order chi connectivity index (χ1) is 16.1. The van der Waals surface area contributed by atoms with Crippen LogP contribution >= 0.6 is 0 Å². The second-order valence-corrected chi connectivity index (χ2v) is 8.89. The second-order valence-electron chi connectivity index (χ2n) is 8.89. The lowest BCUT2D eigenvalue weighted by Gasteiger charge is -2.40. The topological polar surface area (TPSA) is 32.8 Å². The molecule has 0 bridgehead atoms. The lowest BCUT2D eigenvalue weighted by atomic mass is 10.00. The SMILES string of the molecule is CC(N1CCC(OC(c2ccccc2)c2ccccc2)CC1)N1C(=O)Cc2cccc(F)c21. The van der Waals surface area contributed by atoms with Crippen LogP contribution in [0.5, 0.6) is 0 Å². The molecule has 1 atom stereocenters. The fraction of sp³-hybridized carbons (Fsp3) is 0.321. The van der Waals surface area contributed by atoms with Crippen LogP contribution in [0, 0.1) is 5.82 Å². The molecule has 2 aliphatic heterocycles. The molecule has 2 aliphatic rings. The number of fused-ring (bicyclic) bond motifs is 1. The van der Waals surface area contributed by atoms with Crippen LogP contribution in [-0.2, 0) is 16.0 Å². The van der Waals surface area contributed by atoms with Gasteiger partial charge in [-0.3, -0.25) is 14.6 Å². The molecule has 0 saturated carbocycles. The Bertz CT molecular complexity index is 1060. The van der Waals surface area contributed by atoms with Gasteiger partial charge in [-0.25, -0.2) is 4.39 Å². The molecular formula is C28H29FN2O2. The fourth-order valence-corrected chi connectivity index (χ4v) is 5.09. The maximum absolute atomic E-state index is 14.5. The number of likely N-dealkylation sites (tertiary alicyclic amines) is 1. The van der Waals surface area contributed by atoms with E-state index in [1.807, 2.05) is 49.4 Å². The van der Waals surface area contributed by atoms with E-state index in [0.29, 0.717) is 5.69 Å². The molecule has 0 radical (unpaired) electrons. The molecular weight excluding hydrogens is 415 g/mol. The molecule has 0 aromatic heterocycles. The molecule has 3 aromatic rings. The molecule has 170 valence electrons. The number of amides is 1. The fourth-order valence-electron chi connectivity index (χ4n) is 5.09. The van der Waals surface area contributed by atoms with Crippen LogP contribution in [-0.4, -0.2) is 36.2 Å². The largest absolute Gasteiger partial charge is 0.365 e. The van der Waals surface area contributed by atoms with Crippen LogP contribution in [0.4, 0.5) is 10.1 Å². The van der Waals surface area contributed by atoms with E-state index in [1.165, 1.54) is 6.07 Å². The molecule has 3 aromatic carbocycles. The molecule has 2 heterocycles. The third-order valence-electron chi connectivity index (χ3n) is 6.83. The molecule has 4 nitrogen and oxygen atoms in total.